The summed E-state index contributed by atoms with van der Waals surface area (Å²) < 4.78 is 5.94. The zero-order valence-corrected chi connectivity index (χ0v) is 20.6. The molecule has 0 bridgehead atoms. The topological polar surface area (TPSA) is 61.6 Å². The van der Waals surface area contributed by atoms with Crippen molar-refractivity contribution in [1.82, 2.24) is 5.16 Å². The Kier molecular flexibility index (Phi) is 5.06. The summed E-state index contributed by atoms with van der Waals surface area (Å²) in [5.74, 6) is 1.85. The van der Waals surface area contributed by atoms with Crippen molar-refractivity contribution in [2.45, 2.75) is 20.3 Å². The standard InChI is InChI=1S/C29H30N4O2/c1-17-13-18(2)16-33(15-17)24-14-23(30-19-9-11-20(12-10-19)32(3)4)25-26-27(24)31-35-29(26)22-8-6-5-7-21(22)28(25)34/h5-12,14,17-18,30H,13,15-16H2,1-4H3/t17-,18-/m0/s1. The van der Waals surface area contributed by atoms with Gasteiger partial charge in [-0.05, 0) is 48.6 Å². The highest BCUT2D eigenvalue weighted by Gasteiger charge is 2.34. The van der Waals surface area contributed by atoms with Gasteiger partial charge in [0.15, 0.2) is 11.5 Å². The minimum Gasteiger partial charge on any atom is -0.378 e. The maximum absolute atomic E-state index is 13.8. The highest BCUT2D eigenvalue weighted by molar-refractivity contribution is 6.28. The van der Waals surface area contributed by atoms with Crippen molar-refractivity contribution in [3.05, 3.63) is 65.7 Å². The molecule has 6 heteroatoms. The van der Waals surface area contributed by atoms with E-state index in [2.05, 4.69) is 52.3 Å². The second-order valence-electron chi connectivity index (χ2n) is 10.3. The third kappa shape index (κ3) is 3.55. The molecule has 4 aromatic rings. The minimum atomic E-state index is 0.000594. The molecule has 1 aromatic heterocycles. The van der Waals surface area contributed by atoms with Gasteiger partial charge >= 0.3 is 0 Å². The van der Waals surface area contributed by atoms with Crippen LogP contribution in [0.1, 0.15) is 36.2 Å². The summed E-state index contributed by atoms with van der Waals surface area (Å²) >= 11 is 0. The van der Waals surface area contributed by atoms with E-state index in [9.17, 15) is 4.79 Å². The van der Waals surface area contributed by atoms with E-state index >= 15 is 0 Å². The van der Waals surface area contributed by atoms with Crippen molar-refractivity contribution in [3.63, 3.8) is 0 Å². The van der Waals surface area contributed by atoms with Gasteiger partial charge < -0.3 is 19.6 Å². The maximum Gasteiger partial charge on any atom is 0.196 e. The Morgan fingerprint density at radius 1 is 1.00 bits per heavy atom. The molecular weight excluding hydrogens is 436 g/mol. The fourth-order valence-corrected chi connectivity index (χ4v) is 5.74. The molecule has 6 rings (SSSR count). The molecule has 0 spiro atoms. The van der Waals surface area contributed by atoms with Crippen LogP contribution < -0.4 is 15.1 Å². The summed E-state index contributed by atoms with van der Waals surface area (Å²) in [6.45, 7) is 6.53. The van der Waals surface area contributed by atoms with Crippen LogP contribution in [0.25, 0.3) is 22.2 Å². The molecule has 1 aliphatic carbocycles. The Morgan fingerprint density at radius 3 is 2.37 bits per heavy atom. The Balaban J connectivity index is 1.55. The van der Waals surface area contributed by atoms with Crippen LogP contribution >= 0.6 is 0 Å². The molecule has 6 nitrogen and oxygen atoms in total. The summed E-state index contributed by atoms with van der Waals surface area (Å²) in [4.78, 5) is 18.3. The van der Waals surface area contributed by atoms with Crippen LogP contribution in [0.2, 0.25) is 0 Å². The van der Waals surface area contributed by atoms with E-state index in [4.69, 9.17) is 4.52 Å². The average Bonchev–Trinajstić information content (AvgIpc) is 3.28. The van der Waals surface area contributed by atoms with Gasteiger partial charge in [0.1, 0.15) is 5.52 Å². The van der Waals surface area contributed by atoms with Crippen LogP contribution in [0.3, 0.4) is 0 Å². The number of benzene rings is 3. The molecule has 0 saturated carbocycles. The number of anilines is 4. The summed E-state index contributed by atoms with van der Waals surface area (Å²) in [6, 6.07) is 18.0. The summed E-state index contributed by atoms with van der Waals surface area (Å²) in [5, 5.41) is 8.90. The van der Waals surface area contributed by atoms with E-state index in [1.54, 1.807) is 0 Å². The van der Waals surface area contributed by atoms with E-state index < -0.39 is 0 Å². The lowest BCUT2D eigenvalue weighted by Gasteiger charge is -2.37. The molecule has 35 heavy (non-hydrogen) atoms. The first-order valence-electron chi connectivity index (χ1n) is 12.3. The summed E-state index contributed by atoms with van der Waals surface area (Å²) in [6.07, 6.45) is 1.22. The van der Waals surface area contributed by atoms with E-state index in [-0.39, 0.29) is 5.78 Å². The number of fused-ring (bicyclic) bond motifs is 2. The fraction of sp³-hybridized carbons (Fsp3) is 0.310. The number of ketones is 1. The fourth-order valence-electron chi connectivity index (χ4n) is 5.74. The number of nitrogens with one attached hydrogen (secondary N) is 1. The number of carbonyl (C=O) groups is 1. The van der Waals surface area contributed by atoms with Crippen molar-refractivity contribution < 1.29 is 9.32 Å². The minimum absolute atomic E-state index is 0.000594. The van der Waals surface area contributed by atoms with E-state index in [0.717, 1.165) is 52.3 Å². The maximum atomic E-state index is 13.8. The molecule has 2 heterocycles. The molecule has 1 N–H and O–H groups in total. The SMILES string of the molecule is C[C@H]1C[C@H](C)CN(c2cc(Nc3ccc(N(C)C)cc3)c3c4c(onc24)-c2ccccc2C3=O)C1. The molecule has 0 unspecified atom stereocenters. The predicted molar refractivity (Wildman–Crippen MR) is 142 cm³/mol. The first-order chi connectivity index (χ1) is 16.9. The first-order valence-corrected chi connectivity index (χ1v) is 12.3. The van der Waals surface area contributed by atoms with Crippen LogP contribution in [-0.2, 0) is 0 Å². The Morgan fingerprint density at radius 2 is 1.69 bits per heavy atom. The van der Waals surface area contributed by atoms with Gasteiger partial charge in [-0.15, -0.1) is 0 Å². The van der Waals surface area contributed by atoms with E-state index in [1.807, 2.05) is 50.5 Å². The van der Waals surface area contributed by atoms with Crippen LogP contribution in [0, 0.1) is 11.8 Å². The Hall–Kier alpha value is -3.80. The monoisotopic (exact) mass is 466 g/mol. The van der Waals surface area contributed by atoms with E-state index in [0.29, 0.717) is 28.7 Å². The number of aromatic nitrogens is 1. The van der Waals surface area contributed by atoms with Gasteiger partial charge in [0.2, 0.25) is 0 Å². The van der Waals surface area contributed by atoms with E-state index in [1.165, 1.54) is 6.42 Å². The summed E-state index contributed by atoms with van der Waals surface area (Å²) in [5.41, 5.74) is 6.74. The molecule has 1 fully saturated rings. The van der Waals surface area contributed by atoms with Gasteiger partial charge in [-0.2, -0.15) is 0 Å². The quantitative estimate of drug-likeness (QED) is 0.334. The average molecular weight is 467 g/mol. The molecular formula is C29H30N4O2. The molecule has 0 radical (unpaired) electrons. The van der Waals surface area contributed by atoms with Crippen LogP contribution in [0.5, 0.6) is 0 Å². The number of piperidine rings is 1. The van der Waals surface area contributed by atoms with Crippen LogP contribution in [0.4, 0.5) is 22.7 Å². The van der Waals surface area contributed by atoms with Crippen LogP contribution in [-0.4, -0.2) is 38.1 Å². The molecule has 2 aliphatic rings. The molecule has 3 aromatic carbocycles. The summed E-state index contributed by atoms with van der Waals surface area (Å²) in [7, 11) is 4.05. The second-order valence-corrected chi connectivity index (χ2v) is 10.3. The van der Waals surface area contributed by atoms with Gasteiger partial charge in [0, 0.05) is 49.7 Å². The zero-order chi connectivity index (χ0) is 24.3. The molecule has 2 atom stereocenters. The lowest BCUT2D eigenvalue weighted by molar-refractivity contribution is 0.104. The zero-order valence-electron chi connectivity index (χ0n) is 20.6. The van der Waals surface area contributed by atoms with Gasteiger partial charge in [-0.1, -0.05) is 43.3 Å². The third-order valence-electron chi connectivity index (χ3n) is 7.25. The highest BCUT2D eigenvalue weighted by atomic mass is 16.5. The van der Waals surface area contributed by atoms with Gasteiger partial charge in [-0.3, -0.25) is 4.79 Å². The van der Waals surface area contributed by atoms with Crippen molar-refractivity contribution in [3.8, 4) is 11.3 Å². The number of rotatable bonds is 4. The second kappa shape index (κ2) is 8.15. The number of hydrogen-bond donors (Lipinski definition) is 1. The number of hydrogen-bond acceptors (Lipinski definition) is 6. The van der Waals surface area contributed by atoms with Crippen LogP contribution in [0.15, 0.2) is 59.1 Å². The lowest BCUT2D eigenvalue weighted by Crippen LogP contribution is -2.39. The molecule has 178 valence electrons. The molecule has 0 amide bonds. The van der Waals surface area contributed by atoms with Gasteiger partial charge in [-0.25, -0.2) is 0 Å². The van der Waals surface area contributed by atoms with Crippen molar-refractivity contribution in [2.24, 2.45) is 11.8 Å². The molecule has 1 saturated heterocycles. The Labute approximate surface area is 205 Å². The highest BCUT2D eigenvalue weighted by Crippen LogP contribution is 2.47. The predicted octanol–water partition coefficient (Wildman–Crippen LogP) is 6.33. The normalized spacial score (nSPS) is 19.1. The van der Waals surface area contributed by atoms with Gasteiger partial charge in [0.05, 0.1) is 22.3 Å². The smallest absolute Gasteiger partial charge is 0.196 e. The largest absolute Gasteiger partial charge is 0.378 e. The third-order valence-corrected chi connectivity index (χ3v) is 7.25. The lowest BCUT2D eigenvalue weighted by atomic mass is 9.85. The van der Waals surface area contributed by atoms with Crippen molar-refractivity contribution in [2.75, 3.05) is 42.3 Å². The first kappa shape index (κ1) is 21.7. The number of nitrogens with zero attached hydrogens (tertiary/aromatic N) is 3. The Bertz CT molecular complexity index is 1430. The number of carbonyl (C=O) groups excluding carboxylic acids is 1. The van der Waals surface area contributed by atoms with Gasteiger partial charge in [0.25, 0.3) is 0 Å². The van der Waals surface area contributed by atoms with Crippen molar-refractivity contribution in [1.29, 1.82) is 0 Å². The molecule has 1 aliphatic heterocycles. The van der Waals surface area contributed by atoms with Crippen molar-refractivity contribution >= 4 is 39.4 Å².